The van der Waals surface area contributed by atoms with E-state index < -0.39 is 11.5 Å². The maximum Gasteiger partial charge on any atom is 0.349 e. The number of nitrogens with zero attached hydrogens (tertiary/aromatic N) is 2. The Kier molecular flexibility index (Phi) is 5.16. The summed E-state index contributed by atoms with van der Waals surface area (Å²) in [6.45, 7) is 2.65. The number of aromatic nitrogens is 2. The molecule has 1 N–H and O–H groups in total. The van der Waals surface area contributed by atoms with Crippen LogP contribution in [0.5, 0.6) is 5.75 Å². The summed E-state index contributed by atoms with van der Waals surface area (Å²) in [4.78, 5) is 36.7. The lowest BCUT2D eigenvalue weighted by molar-refractivity contribution is 0.0948. The van der Waals surface area contributed by atoms with Gasteiger partial charge < -0.3 is 14.5 Å². The number of benzene rings is 1. The molecule has 0 bridgehead atoms. The van der Waals surface area contributed by atoms with Crippen molar-refractivity contribution in [2.45, 2.75) is 32.2 Å². The third kappa shape index (κ3) is 4.06. The van der Waals surface area contributed by atoms with Gasteiger partial charge in [-0.2, -0.15) is 5.10 Å². The van der Waals surface area contributed by atoms with E-state index in [1.807, 2.05) is 6.92 Å². The van der Waals surface area contributed by atoms with Crippen molar-refractivity contribution in [2.24, 2.45) is 0 Å². The van der Waals surface area contributed by atoms with Gasteiger partial charge in [-0.15, -0.1) is 0 Å². The van der Waals surface area contributed by atoms with Gasteiger partial charge in [-0.05, 0) is 38.0 Å². The zero-order chi connectivity index (χ0) is 20.4. The van der Waals surface area contributed by atoms with Gasteiger partial charge in [0.1, 0.15) is 5.56 Å². The zero-order valence-corrected chi connectivity index (χ0v) is 16.0. The first-order valence-corrected chi connectivity index (χ1v) is 9.62. The van der Waals surface area contributed by atoms with Gasteiger partial charge >= 0.3 is 5.63 Å². The van der Waals surface area contributed by atoms with Crippen LogP contribution >= 0.6 is 0 Å². The first kappa shape index (κ1) is 18.9. The highest BCUT2D eigenvalue weighted by atomic mass is 16.5. The van der Waals surface area contributed by atoms with Crippen LogP contribution in [0.15, 0.2) is 50.4 Å². The van der Waals surface area contributed by atoms with Crippen molar-refractivity contribution in [2.75, 3.05) is 13.2 Å². The Morgan fingerprint density at radius 1 is 1.28 bits per heavy atom. The predicted molar refractivity (Wildman–Crippen MR) is 106 cm³/mol. The highest BCUT2D eigenvalue weighted by Crippen LogP contribution is 2.38. The normalized spacial score (nSPS) is 13.4. The molecule has 0 unspecified atom stereocenters. The maximum atomic E-state index is 12.5. The van der Waals surface area contributed by atoms with Crippen LogP contribution < -0.4 is 21.2 Å². The van der Waals surface area contributed by atoms with Crippen LogP contribution in [0.1, 0.15) is 41.7 Å². The molecule has 150 valence electrons. The van der Waals surface area contributed by atoms with Gasteiger partial charge in [-0.3, -0.25) is 9.59 Å². The van der Waals surface area contributed by atoms with E-state index in [1.165, 1.54) is 16.8 Å². The fourth-order valence-corrected chi connectivity index (χ4v) is 3.14. The van der Waals surface area contributed by atoms with Crippen LogP contribution in [-0.2, 0) is 6.54 Å². The van der Waals surface area contributed by atoms with Gasteiger partial charge in [0.15, 0.2) is 11.3 Å². The third-order valence-corrected chi connectivity index (χ3v) is 4.76. The summed E-state index contributed by atoms with van der Waals surface area (Å²) < 4.78 is 12.1. The Morgan fingerprint density at radius 2 is 2.10 bits per heavy atom. The number of rotatable bonds is 7. The molecule has 0 atom stereocenters. The molecule has 8 heteroatoms. The van der Waals surface area contributed by atoms with Crippen molar-refractivity contribution < 1.29 is 13.9 Å². The van der Waals surface area contributed by atoms with E-state index >= 15 is 0 Å². The van der Waals surface area contributed by atoms with Crippen LogP contribution in [-0.4, -0.2) is 28.8 Å². The summed E-state index contributed by atoms with van der Waals surface area (Å²) in [5.74, 6) is 0.323. The minimum Gasteiger partial charge on any atom is -0.490 e. The highest BCUT2D eigenvalue weighted by molar-refractivity contribution is 5.97. The Labute approximate surface area is 166 Å². The second-order valence-corrected chi connectivity index (χ2v) is 6.90. The zero-order valence-electron chi connectivity index (χ0n) is 16.0. The van der Waals surface area contributed by atoms with E-state index in [4.69, 9.17) is 9.15 Å². The summed E-state index contributed by atoms with van der Waals surface area (Å²) in [7, 11) is 0. The number of fused-ring (bicyclic) bond motifs is 1. The Morgan fingerprint density at radius 3 is 2.86 bits per heavy atom. The summed E-state index contributed by atoms with van der Waals surface area (Å²) in [5, 5.41) is 7.60. The molecule has 2 heterocycles. The molecule has 4 rings (SSSR count). The maximum absolute atomic E-state index is 12.5. The van der Waals surface area contributed by atoms with E-state index in [-0.39, 0.29) is 24.2 Å². The van der Waals surface area contributed by atoms with Crippen molar-refractivity contribution in [3.8, 4) is 5.75 Å². The molecule has 0 radical (unpaired) electrons. The summed E-state index contributed by atoms with van der Waals surface area (Å²) >= 11 is 0. The fourth-order valence-electron chi connectivity index (χ4n) is 3.14. The number of para-hydroxylation sites is 1. The second kappa shape index (κ2) is 7.90. The number of carbonyl (C=O) groups excluding carboxylic acids is 1. The van der Waals surface area contributed by atoms with Gasteiger partial charge in [0.05, 0.1) is 18.8 Å². The van der Waals surface area contributed by atoms with Crippen LogP contribution in [0.3, 0.4) is 0 Å². The molecular formula is C21H21N3O5. The standard InChI is InChI=1S/C21H21N3O5/c1-2-28-17-5-3-4-14-12-15(21(27)29-19(14)17)20(26)22-10-11-24-18(25)9-8-16(23-24)13-6-7-13/h3-5,8-9,12-13H,2,6-7,10-11H2,1H3,(H,22,26). The van der Waals surface area contributed by atoms with Crippen LogP contribution in [0.25, 0.3) is 11.0 Å². The van der Waals surface area contributed by atoms with Gasteiger partial charge in [0, 0.05) is 23.9 Å². The second-order valence-electron chi connectivity index (χ2n) is 6.90. The molecule has 0 spiro atoms. The van der Waals surface area contributed by atoms with E-state index in [0.29, 0.717) is 29.2 Å². The highest BCUT2D eigenvalue weighted by Gasteiger charge is 2.25. The Bertz CT molecular complexity index is 1180. The summed E-state index contributed by atoms with van der Waals surface area (Å²) in [6.07, 6.45) is 2.18. The smallest absolute Gasteiger partial charge is 0.349 e. The fraction of sp³-hybridized carbons (Fsp3) is 0.333. The predicted octanol–water partition coefficient (Wildman–Crippen LogP) is 2.06. The van der Waals surface area contributed by atoms with Crippen LogP contribution in [0, 0.1) is 0 Å². The van der Waals surface area contributed by atoms with E-state index in [2.05, 4.69) is 10.4 Å². The van der Waals surface area contributed by atoms with E-state index in [1.54, 1.807) is 24.3 Å². The van der Waals surface area contributed by atoms with Crippen LogP contribution in [0.4, 0.5) is 0 Å². The molecular weight excluding hydrogens is 374 g/mol. The Balaban J connectivity index is 1.48. The molecule has 1 fully saturated rings. The lowest BCUT2D eigenvalue weighted by Crippen LogP contribution is -2.34. The van der Waals surface area contributed by atoms with Crippen molar-refractivity contribution in [3.63, 3.8) is 0 Å². The van der Waals surface area contributed by atoms with Gasteiger partial charge in [-0.1, -0.05) is 12.1 Å². The number of hydrogen-bond acceptors (Lipinski definition) is 6. The lowest BCUT2D eigenvalue weighted by atomic mass is 10.1. The quantitative estimate of drug-likeness (QED) is 0.614. The van der Waals surface area contributed by atoms with Crippen molar-refractivity contribution in [1.29, 1.82) is 0 Å². The third-order valence-electron chi connectivity index (χ3n) is 4.76. The molecule has 1 aromatic carbocycles. The lowest BCUT2D eigenvalue weighted by Gasteiger charge is -2.09. The summed E-state index contributed by atoms with van der Waals surface area (Å²) in [6, 6.07) is 9.94. The number of ether oxygens (including phenoxy) is 1. The monoisotopic (exact) mass is 395 g/mol. The number of nitrogens with one attached hydrogen (secondary N) is 1. The molecule has 1 aliphatic carbocycles. The van der Waals surface area contributed by atoms with E-state index in [9.17, 15) is 14.4 Å². The Hall–Kier alpha value is -3.42. The molecule has 3 aromatic rings. The molecule has 29 heavy (non-hydrogen) atoms. The molecule has 1 saturated carbocycles. The molecule has 0 aliphatic heterocycles. The van der Waals surface area contributed by atoms with Gasteiger partial charge in [-0.25, -0.2) is 9.48 Å². The average molecular weight is 395 g/mol. The minimum atomic E-state index is -0.742. The number of carbonyl (C=O) groups is 1. The van der Waals surface area contributed by atoms with Gasteiger partial charge in [0.2, 0.25) is 0 Å². The van der Waals surface area contributed by atoms with Crippen molar-refractivity contribution in [3.05, 3.63) is 68.4 Å². The van der Waals surface area contributed by atoms with E-state index in [0.717, 1.165) is 18.5 Å². The molecule has 0 saturated heterocycles. The first-order chi connectivity index (χ1) is 14.1. The van der Waals surface area contributed by atoms with Crippen LogP contribution in [0.2, 0.25) is 0 Å². The number of hydrogen-bond donors (Lipinski definition) is 1. The summed E-state index contributed by atoms with van der Waals surface area (Å²) in [5.41, 5.74) is 0.142. The topological polar surface area (TPSA) is 103 Å². The average Bonchev–Trinajstić information content (AvgIpc) is 3.55. The van der Waals surface area contributed by atoms with Crippen molar-refractivity contribution in [1.82, 2.24) is 15.1 Å². The van der Waals surface area contributed by atoms with Crippen molar-refractivity contribution >= 4 is 16.9 Å². The number of amides is 1. The molecule has 8 nitrogen and oxygen atoms in total. The molecule has 2 aromatic heterocycles. The molecule has 1 amide bonds. The first-order valence-electron chi connectivity index (χ1n) is 9.62. The van der Waals surface area contributed by atoms with Gasteiger partial charge in [0.25, 0.3) is 11.5 Å². The minimum absolute atomic E-state index is 0.0989. The largest absolute Gasteiger partial charge is 0.490 e. The SMILES string of the molecule is CCOc1cccc2cc(C(=O)NCCn3nc(C4CC4)ccc3=O)c(=O)oc12. The molecule has 1 aliphatic rings.